The summed E-state index contributed by atoms with van der Waals surface area (Å²) in [4.78, 5) is 27.2. The van der Waals surface area contributed by atoms with Crippen molar-refractivity contribution in [2.45, 2.75) is 25.7 Å². The third-order valence-electron chi connectivity index (χ3n) is 5.52. The van der Waals surface area contributed by atoms with Crippen LogP contribution >= 0.6 is 0 Å². The van der Waals surface area contributed by atoms with Gasteiger partial charge in [-0.15, -0.1) is 0 Å². The van der Waals surface area contributed by atoms with E-state index in [9.17, 15) is 9.59 Å². The van der Waals surface area contributed by atoms with Crippen LogP contribution in [-0.4, -0.2) is 50.1 Å². The lowest BCUT2D eigenvalue weighted by Crippen LogP contribution is -2.42. The fourth-order valence-electron chi connectivity index (χ4n) is 4.27. The highest BCUT2D eigenvalue weighted by Gasteiger charge is 2.51. The maximum Gasteiger partial charge on any atom is 0.253 e. The third kappa shape index (κ3) is 3.31. The topological polar surface area (TPSA) is 58.6 Å². The lowest BCUT2D eigenvalue weighted by atomic mass is 9.76. The number of nitrogens with zero attached hydrogens (tertiary/aromatic N) is 1. The van der Waals surface area contributed by atoms with Crippen molar-refractivity contribution in [2.75, 3.05) is 33.4 Å². The summed E-state index contributed by atoms with van der Waals surface area (Å²) in [5.41, 5.74) is 0.690. The van der Waals surface area contributed by atoms with Crippen molar-refractivity contribution in [1.29, 1.82) is 0 Å². The van der Waals surface area contributed by atoms with Gasteiger partial charge in [-0.1, -0.05) is 24.6 Å². The normalized spacial score (nSPS) is 26.0. The number of hydrogen-bond acceptors (Lipinski definition) is 3. The molecule has 1 N–H and O–H groups in total. The van der Waals surface area contributed by atoms with Gasteiger partial charge in [0, 0.05) is 43.6 Å². The van der Waals surface area contributed by atoms with Crippen molar-refractivity contribution >= 4 is 11.8 Å². The first kappa shape index (κ1) is 17.0. The van der Waals surface area contributed by atoms with Crippen LogP contribution in [-0.2, 0) is 9.53 Å². The molecule has 1 aromatic rings. The molecule has 5 nitrogen and oxygen atoms in total. The molecule has 130 valence electrons. The fourth-order valence-corrected chi connectivity index (χ4v) is 4.27. The Hall–Kier alpha value is -1.88. The van der Waals surface area contributed by atoms with E-state index in [2.05, 4.69) is 5.32 Å². The summed E-state index contributed by atoms with van der Waals surface area (Å²) in [6.45, 7) is 2.53. The largest absolute Gasteiger partial charge is 0.383 e. The molecular weight excluding hydrogens is 304 g/mol. The van der Waals surface area contributed by atoms with Gasteiger partial charge in [0.15, 0.2) is 0 Å². The summed E-state index contributed by atoms with van der Waals surface area (Å²) in [6, 6.07) is 9.41. The average Bonchev–Trinajstić information content (AvgIpc) is 3.23. The summed E-state index contributed by atoms with van der Waals surface area (Å²) in [5, 5.41) is 2.99. The monoisotopic (exact) mass is 330 g/mol. The Balaban J connectivity index is 1.66. The number of likely N-dealkylation sites (tertiary alicyclic amines) is 1. The van der Waals surface area contributed by atoms with Gasteiger partial charge in [-0.25, -0.2) is 0 Å². The number of benzene rings is 1. The minimum atomic E-state index is -0.0401. The number of nitrogens with one attached hydrogen (secondary N) is 1. The summed E-state index contributed by atoms with van der Waals surface area (Å²) >= 11 is 0. The van der Waals surface area contributed by atoms with Gasteiger partial charge in [-0.2, -0.15) is 0 Å². The Labute approximate surface area is 143 Å². The van der Waals surface area contributed by atoms with E-state index in [0.29, 0.717) is 19.7 Å². The van der Waals surface area contributed by atoms with Gasteiger partial charge in [0.05, 0.1) is 6.61 Å². The fraction of sp³-hybridized carbons (Fsp3) is 0.579. The Bertz CT molecular complexity index is 590. The van der Waals surface area contributed by atoms with Crippen molar-refractivity contribution in [1.82, 2.24) is 10.2 Å². The number of carbonyl (C=O) groups is 2. The van der Waals surface area contributed by atoms with Gasteiger partial charge in [-0.3, -0.25) is 9.59 Å². The average molecular weight is 330 g/mol. The van der Waals surface area contributed by atoms with Crippen LogP contribution in [0.25, 0.3) is 0 Å². The number of rotatable bonds is 5. The minimum Gasteiger partial charge on any atom is -0.383 e. The summed E-state index contributed by atoms with van der Waals surface area (Å²) < 4.78 is 5.00. The van der Waals surface area contributed by atoms with Crippen LogP contribution in [0, 0.1) is 11.3 Å². The zero-order valence-corrected chi connectivity index (χ0v) is 14.3. The van der Waals surface area contributed by atoms with Crippen LogP contribution in [0.2, 0.25) is 0 Å². The molecule has 24 heavy (non-hydrogen) atoms. The van der Waals surface area contributed by atoms with E-state index in [0.717, 1.165) is 37.8 Å². The van der Waals surface area contributed by atoms with Crippen LogP contribution in [0.5, 0.6) is 0 Å². The van der Waals surface area contributed by atoms with E-state index in [1.54, 1.807) is 7.11 Å². The van der Waals surface area contributed by atoms with E-state index < -0.39 is 0 Å². The maximum atomic E-state index is 12.7. The highest BCUT2D eigenvalue weighted by atomic mass is 16.5. The van der Waals surface area contributed by atoms with Crippen molar-refractivity contribution in [3.05, 3.63) is 35.9 Å². The molecule has 2 amide bonds. The van der Waals surface area contributed by atoms with Gasteiger partial charge >= 0.3 is 0 Å². The molecule has 0 unspecified atom stereocenters. The number of ether oxygens (including phenoxy) is 1. The first-order valence-electron chi connectivity index (χ1n) is 8.77. The maximum absolute atomic E-state index is 12.7. The number of carbonyl (C=O) groups excluding carboxylic acids is 2. The van der Waals surface area contributed by atoms with E-state index in [-0.39, 0.29) is 23.1 Å². The van der Waals surface area contributed by atoms with Gasteiger partial charge in [0.2, 0.25) is 5.91 Å². The Kier molecular flexibility index (Phi) is 5.19. The van der Waals surface area contributed by atoms with Crippen LogP contribution < -0.4 is 5.32 Å². The van der Waals surface area contributed by atoms with Gasteiger partial charge in [0.1, 0.15) is 0 Å². The second-order valence-corrected chi connectivity index (χ2v) is 6.93. The third-order valence-corrected chi connectivity index (χ3v) is 5.52. The van der Waals surface area contributed by atoms with E-state index in [4.69, 9.17) is 4.74 Å². The molecule has 2 fully saturated rings. The smallest absolute Gasteiger partial charge is 0.253 e. The zero-order valence-electron chi connectivity index (χ0n) is 14.3. The van der Waals surface area contributed by atoms with Gasteiger partial charge in [-0.05, 0) is 31.4 Å². The molecule has 1 heterocycles. The van der Waals surface area contributed by atoms with Crippen molar-refractivity contribution in [3.63, 3.8) is 0 Å². The Morgan fingerprint density at radius 3 is 2.83 bits per heavy atom. The predicted octanol–water partition coefficient (Wildman–Crippen LogP) is 2.08. The molecule has 1 saturated carbocycles. The summed E-state index contributed by atoms with van der Waals surface area (Å²) in [7, 11) is 1.63. The van der Waals surface area contributed by atoms with Crippen molar-refractivity contribution in [3.8, 4) is 0 Å². The number of amides is 2. The molecular formula is C19H26N2O3. The molecule has 2 aliphatic rings. The van der Waals surface area contributed by atoms with E-state index in [1.165, 1.54) is 0 Å². The summed E-state index contributed by atoms with van der Waals surface area (Å²) in [6.07, 6.45) is 3.95. The first-order chi connectivity index (χ1) is 11.7. The highest BCUT2D eigenvalue weighted by molar-refractivity contribution is 5.94. The molecule has 0 bridgehead atoms. The Morgan fingerprint density at radius 2 is 2.08 bits per heavy atom. The Morgan fingerprint density at radius 1 is 1.29 bits per heavy atom. The van der Waals surface area contributed by atoms with Crippen molar-refractivity contribution in [2.24, 2.45) is 11.3 Å². The molecule has 1 spiro atoms. The van der Waals surface area contributed by atoms with Crippen LogP contribution in [0.1, 0.15) is 36.0 Å². The lowest BCUT2D eigenvalue weighted by molar-refractivity contribution is -0.128. The second kappa shape index (κ2) is 7.34. The molecule has 5 heteroatoms. The quantitative estimate of drug-likeness (QED) is 0.841. The number of hydrogen-bond donors (Lipinski definition) is 1. The molecule has 0 radical (unpaired) electrons. The first-order valence-corrected chi connectivity index (χ1v) is 8.77. The minimum absolute atomic E-state index is 0.0166. The standard InChI is InChI=1S/C19H26N2O3/c1-24-13-11-20-17(22)16-8-5-9-19(16)10-12-21(14-19)18(23)15-6-3-2-4-7-15/h2-4,6-7,16H,5,8-14H2,1H3,(H,20,22)/t16-,19+/m1/s1. The molecule has 1 aliphatic carbocycles. The SMILES string of the molecule is COCCNC(=O)[C@H]1CCC[C@@]12CCN(C(=O)c1ccccc1)C2. The second-order valence-electron chi connectivity index (χ2n) is 6.93. The molecule has 3 rings (SSSR count). The molecule has 1 saturated heterocycles. The highest BCUT2D eigenvalue weighted by Crippen LogP contribution is 2.50. The number of methoxy groups -OCH3 is 1. The molecule has 2 atom stereocenters. The van der Waals surface area contributed by atoms with Gasteiger partial charge in [0.25, 0.3) is 5.91 Å². The molecule has 0 aromatic heterocycles. The molecule has 1 aliphatic heterocycles. The van der Waals surface area contributed by atoms with Gasteiger partial charge < -0.3 is 15.0 Å². The summed E-state index contributed by atoms with van der Waals surface area (Å²) in [5.74, 6) is 0.222. The van der Waals surface area contributed by atoms with Crippen molar-refractivity contribution < 1.29 is 14.3 Å². The molecule has 1 aromatic carbocycles. The predicted molar refractivity (Wildman–Crippen MR) is 91.6 cm³/mol. The van der Waals surface area contributed by atoms with Crippen LogP contribution in [0.15, 0.2) is 30.3 Å². The zero-order chi connectivity index (χ0) is 17.0. The lowest BCUT2D eigenvalue weighted by Gasteiger charge is -2.30. The van der Waals surface area contributed by atoms with Crippen LogP contribution in [0.4, 0.5) is 0 Å². The van der Waals surface area contributed by atoms with E-state index >= 15 is 0 Å². The van der Waals surface area contributed by atoms with E-state index in [1.807, 2.05) is 35.2 Å². The van der Waals surface area contributed by atoms with Crippen LogP contribution in [0.3, 0.4) is 0 Å².